The largest absolute Gasteiger partial charge is 0.460 e. The van der Waals surface area contributed by atoms with Crippen molar-refractivity contribution in [3.63, 3.8) is 0 Å². The van der Waals surface area contributed by atoms with Crippen LogP contribution in [0.5, 0.6) is 0 Å². The number of rotatable bonds is 4. The second-order valence-corrected chi connectivity index (χ2v) is 5.93. The van der Waals surface area contributed by atoms with E-state index >= 15 is 0 Å². The molecule has 2 heterocycles. The molecular formula is C18H21N3O4. The van der Waals surface area contributed by atoms with E-state index in [0.29, 0.717) is 18.8 Å². The molecule has 1 aromatic carbocycles. The molecule has 0 unspecified atom stereocenters. The molecule has 1 aliphatic heterocycles. The van der Waals surface area contributed by atoms with Crippen LogP contribution in [0.4, 0.5) is 11.7 Å². The number of hydrogen-bond acceptors (Lipinski definition) is 6. The molecule has 7 nitrogen and oxygen atoms in total. The van der Waals surface area contributed by atoms with Crippen LogP contribution in [0.2, 0.25) is 0 Å². The molecule has 132 valence electrons. The molecule has 2 aromatic rings. The normalized spacial score (nSPS) is 14.8. The van der Waals surface area contributed by atoms with E-state index in [2.05, 4.69) is 4.98 Å². The smallest absolute Gasteiger partial charge is 0.376 e. The molecule has 1 aliphatic rings. The van der Waals surface area contributed by atoms with E-state index in [4.69, 9.17) is 9.15 Å². The summed E-state index contributed by atoms with van der Waals surface area (Å²) in [7, 11) is 0. The number of aromatic nitrogens is 1. The van der Waals surface area contributed by atoms with E-state index in [1.165, 1.54) is 0 Å². The topological polar surface area (TPSA) is 75.9 Å². The zero-order chi connectivity index (χ0) is 18.0. The summed E-state index contributed by atoms with van der Waals surface area (Å²) in [5.41, 5.74) is 2.49. The van der Waals surface area contributed by atoms with Gasteiger partial charge in [0, 0.05) is 18.8 Å². The summed E-state index contributed by atoms with van der Waals surface area (Å²) in [6.07, 6.45) is 0. The van der Waals surface area contributed by atoms with Crippen LogP contribution in [0.15, 0.2) is 28.7 Å². The highest BCUT2D eigenvalue weighted by molar-refractivity contribution is 5.97. The first-order valence-corrected chi connectivity index (χ1v) is 8.26. The third-order valence-corrected chi connectivity index (χ3v) is 4.08. The second-order valence-electron chi connectivity index (χ2n) is 5.93. The molecule has 25 heavy (non-hydrogen) atoms. The van der Waals surface area contributed by atoms with Crippen LogP contribution in [0.25, 0.3) is 0 Å². The number of esters is 1. The Morgan fingerprint density at radius 3 is 2.60 bits per heavy atom. The number of anilines is 2. The Bertz CT molecular complexity index is 782. The molecule has 0 spiro atoms. The van der Waals surface area contributed by atoms with Crippen molar-refractivity contribution >= 4 is 23.6 Å². The van der Waals surface area contributed by atoms with Crippen LogP contribution in [0.1, 0.15) is 28.7 Å². The lowest BCUT2D eigenvalue weighted by Crippen LogP contribution is -2.50. The van der Waals surface area contributed by atoms with E-state index < -0.39 is 5.97 Å². The summed E-state index contributed by atoms with van der Waals surface area (Å²) >= 11 is 0. The Morgan fingerprint density at radius 1 is 1.24 bits per heavy atom. The molecule has 1 aromatic heterocycles. The monoisotopic (exact) mass is 343 g/mol. The van der Waals surface area contributed by atoms with Crippen molar-refractivity contribution in [2.24, 2.45) is 0 Å². The van der Waals surface area contributed by atoms with Gasteiger partial charge in [0.1, 0.15) is 6.54 Å². The number of hydrogen-bond donors (Lipinski definition) is 0. The molecule has 1 fully saturated rings. The Labute approximate surface area is 146 Å². The number of oxazole rings is 1. The van der Waals surface area contributed by atoms with E-state index in [1.807, 2.05) is 31.2 Å². The predicted molar refractivity (Wildman–Crippen MR) is 92.9 cm³/mol. The van der Waals surface area contributed by atoms with Gasteiger partial charge in [0.2, 0.25) is 11.7 Å². The highest BCUT2D eigenvalue weighted by Crippen LogP contribution is 2.23. The number of nitrogens with zero attached hydrogens (tertiary/aromatic N) is 3. The average Bonchev–Trinajstić information content (AvgIpc) is 2.98. The summed E-state index contributed by atoms with van der Waals surface area (Å²) < 4.78 is 10.5. The number of carbonyl (C=O) groups excluding carboxylic acids is 2. The van der Waals surface area contributed by atoms with Gasteiger partial charge in [-0.1, -0.05) is 17.7 Å². The minimum Gasteiger partial charge on any atom is -0.460 e. The van der Waals surface area contributed by atoms with Crippen molar-refractivity contribution in [3.8, 4) is 0 Å². The van der Waals surface area contributed by atoms with E-state index in [9.17, 15) is 9.59 Å². The van der Waals surface area contributed by atoms with Crippen LogP contribution in [-0.2, 0) is 9.53 Å². The zero-order valence-electron chi connectivity index (χ0n) is 14.6. The number of benzene rings is 1. The van der Waals surface area contributed by atoms with E-state index in [1.54, 1.807) is 23.6 Å². The predicted octanol–water partition coefficient (Wildman–Crippen LogP) is 2.32. The molecule has 0 radical (unpaired) electrons. The van der Waals surface area contributed by atoms with Crippen molar-refractivity contribution in [2.45, 2.75) is 20.8 Å². The van der Waals surface area contributed by atoms with Gasteiger partial charge in [0.15, 0.2) is 0 Å². The molecule has 0 bridgehead atoms. The highest BCUT2D eigenvalue weighted by atomic mass is 16.5. The maximum absolute atomic E-state index is 12.5. The molecule has 0 aliphatic carbocycles. The Balaban J connectivity index is 1.73. The minimum absolute atomic E-state index is 0.0383. The van der Waals surface area contributed by atoms with Gasteiger partial charge in [0.05, 0.1) is 12.3 Å². The quantitative estimate of drug-likeness (QED) is 0.793. The summed E-state index contributed by atoms with van der Waals surface area (Å²) in [6.45, 7) is 6.94. The molecule has 1 amide bonds. The lowest BCUT2D eigenvalue weighted by molar-refractivity contribution is -0.118. The molecule has 0 atom stereocenters. The molecule has 0 saturated carbocycles. The van der Waals surface area contributed by atoms with Gasteiger partial charge >= 0.3 is 5.97 Å². The fraction of sp³-hybridized carbons (Fsp3) is 0.389. The molecule has 7 heteroatoms. The standard InChI is InChI=1S/C18H21N3O4/c1-4-24-17(23)16-13(3)19-18(25-16)20-9-10-21(15(22)11-20)14-7-5-12(2)6-8-14/h5-8H,4,9-11H2,1-3H3. The van der Waals surface area contributed by atoms with Crippen LogP contribution >= 0.6 is 0 Å². The van der Waals surface area contributed by atoms with Crippen LogP contribution in [0, 0.1) is 13.8 Å². The van der Waals surface area contributed by atoms with Crippen LogP contribution in [-0.4, -0.2) is 43.1 Å². The number of ether oxygens (including phenoxy) is 1. The SMILES string of the molecule is CCOC(=O)c1oc(N2CCN(c3ccc(C)cc3)C(=O)C2)nc1C. The third-order valence-electron chi connectivity index (χ3n) is 4.08. The van der Waals surface area contributed by atoms with Crippen molar-refractivity contribution in [1.82, 2.24) is 4.98 Å². The molecule has 1 saturated heterocycles. The Hall–Kier alpha value is -2.83. The first kappa shape index (κ1) is 17.0. The van der Waals surface area contributed by atoms with Crippen molar-refractivity contribution in [2.75, 3.05) is 36.0 Å². The van der Waals surface area contributed by atoms with Gasteiger partial charge in [-0.15, -0.1) is 0 Å². The number of carbonyl (C=O) groups is 2. The van der Waals surface area contributed by atoms with Crippen molar-refractivity contribution in [3.05, 3.63) is 41.3 Å². The minimum atomic E-state index is -0.539. The van der Waals surface area contributed by atoms with Crippen molar-refractivity contribution in [1.29, 1.82) is 0 Å². The first-order valence-electron chi connectivity index (χ1n) is 8.26. The molecular weight excluding hydrogens is 322 g/mol. The molecule has 0 N–H and O–H groups in total. The second kappa shape index (κ2) is 6.96. The molecule has 3 rings (SSSR count). The zero-order valence-corrected chi connectivity index (χ0v) is 14.6. The highest BCUT2D eigenvalue weighted by Gasteiger charge is 2.29. The lowest BCUT2D eigenvalue weighted by atomic mass is 10.2. The van der Waals surface area contributed by atoms with Gasteiger partial charge in [-0.05, 0) is 32.9 Å². The fourth-order valence-corrected chi connectivity index (χ4v) is 2.74. The summed E-state index contributed by atoms with van der Waals surface area (Å²) in [4.78, 5) is 32.1. The number of amides is 1. The third kappa shape index (κ3) is 3.50. The van der Waals surface area contributed by atoms with Gasteiger partial charge in [-0.2, -0.15) is 4.98 Å². The van der Waals surface area contributed by atoms with E-state index in [0.717, 1.165) is 11.3 Å². The van der Waals surface area contributed by atoms with Gasteiger partial charge < -0.3 is 19.0 Å². The Kier molecular flexibility index (Phi) is 4.74. The summed E-state index contributed by atoms with van der Waals surface area (Å²) in [6, 6.07) is 8.13. The fourth-order valence-electron chi connectivity index (χ4n) is 2.74. The first-order chi connectivity index (χ1) is 12.0. The average molecular weight is 343 g/mol. The van der Waals surface area contributed by atoms with E-state index in [-0.39, 0.29) is 30.8 Å². The maximum atomic E-state index is 12.5. The van der Waals surface area contributed by atoms with Crippen LogP contribution in [0.3, 0.4) is 0 Å². The van der Waals surface area contributed by atoms with Crippen LogP contribution < -0.4 is 9.80 Å². The maximum Gasteiger partial charge on any atom is 0.376 e. The number of piperazine rings is 1. The van der Waals surface area contributed by atoms with Gasteiger partial charge in [-0.3, -0.25) is 4.79 Å². The lowest BCUT2D eigenvalue weighted by Gasteiger charge is -2.33. The summed E-state index contributed by atoms with van der Waals surface area (Å²) in [5.74, 6) is -0.489. The summed E-state index contributed by atoms with van der Waals surface area (Å²) in [5, 5.41) is 0. The van der Waals surface area contributed by atoms with Crippen molar-refractivity contribution < 1.29 is 18.7 Å². The van der Waals surface area contributed by atoms with Gasteiger partial charge in [-0.25, -0.2) is 4.79 Å². The number of aryl methyl sites for hydroxylation is 2. The van der Waals surface area contributed by atoms with Gasteiger partial charge in [0.25, 0.3) is 6.01 Å². The Morgan fingerprint density at radius 2 is 1.96 bits per heavy atom.